The highest BCUT2D eigenvalue weighted by molar-refractivity contribution is 6.36. The van der Waals surface area contributed by atoms with Gasteiger partial charge in [0.05, 0.1) is 12.2 Å². The average Bonchev–Trinajstić information content (AvgIpc) is 2.82. The monoisotopic (exact) mass is 341 g/mol. The molecular formula is C17H21Cl2NO2. The van der Waals surface area contributed by atoms with Crippen molar-refractivity contribution in [2.75, 3.05) is 13.2 Å². The lowest BCUT2D eigenvalue weighted by Gasteiger charge is -2.63. The van der Waals surface area contributed by atoms with E-state index in [1.165, 1.54) is 19.3 Å². The van der Waals surface area contributed by atoms with Crippen LogP contribution in [0.1, 0.15) is 37.4 Å². The molecule has 3 aliphatic rings. The topological polar surface area (TPSA) is 41.5 Å². The number of rotatable bonds is 4. The molecule has 1 aromatic rings. The van der Waals surface area contributed by atoms with Gasteiger partial charge in [-0.3, -0.25) is 0 Å². The quantitative estimate of drug-likeness (QED) is 0.879. The maximum absolute atomic E-state index is 10.5. The van der Waals surface area contributed by atoms with Gasteiger partial charge in [0, 0.05) is 46.1 Å². The maximum atomic E-state index is 10.5. The second-order valence-corrected chi connectivity index (χ2v) is 7.68. The smallest absolute Gasteiger partial charge is 0.0943 e. The summed E-state index contributed by atoms with van der Waals surface area (Å²) in [7, 11) is 0. The third-order valence-electron chi connectivity index (χ3n) is 5.90. The molecule has 120 valence electrons. The molecule has 1 heterocycles. The summed E-state index contributed by atoms with van der Waals surface area (Å²) >= 11 is 12.4. The normalized spacial score (nSPS) is 33.1. The molecule has 1 aliphatic heterocycles. The van der Waals surface area contributed by atoms with E-state index in [1.54, 1.807) is 18.2 Å². The SMILES string of the molecule is OC(CNC1C2CCOC2C12CCC2)c1c(Cl)cccc1Cl. The summed E-state index contributed by atoms with van der Waals surface area (Å²) in [5, 5.41) is 15.1. The molecule has 4 atom stereocenters. The van der Waals surface area contributed by atoms with Crippen molar-refractivity contribution in [3.05, 3.63) is 33.8 Å². The van der Waals surface area contributed by atoms with Crippen LogP contribution in [-0.4, -0.2) is 30.4 Å². The Balaban J connectivity index is 1.44. The van der Waals surface area contributed by atoms with Gasteiger partial charge in [0.2, 0.25) is 0 Å². The standard InChI is InChI=1S/C17H21Cl2NO2/c18-11-3-1-4-12(19)14(11)13(21)9-20-15-10-5-8-22-16(10)17(15)6-2-7-17/h1,3-4,10,13,15-16,20-21H,2,5-9H2. The lowest BCUT2D eigenvalue weighted by Crippen LogP contribution is -2.71. The Kier molecular flexibility index (Phi) is 3.90. The van der Waals surface area contributed by atoms with Crippen LogP contribution in [0.2, 0.25) is 10.0 Å². The molecule has 2 aliphatic carbocycles. The van der Waals surface area contributed by atoms with Crippen LogP contribution in [0.5, 0.6) is 0 Å². The van der Waals surface area contributed by atoms with E-state index in [9.17, 15) is 5.11 Å². The molecule has 3 nitrogen and oxygen atoms in total. The van der Waals surface area contributed by atoms with Gasteiger partial charge < -0.3 is 15.2 Å². The third kappa shape index (κ3) is 2.14. The zero-order valence-electron chi connectivity index (χ0n) is 12.4. The Morgan fingerprint density at radius 1 is 1.32 bits per heavy atom. The summed E-state index contributed by atoms with van der Waals surface area (Å²) in [4.78, 5) is 0. The Bertz CT molecular complexity index is 556. The fourth-order valence-corrected chi connectivity index (χ4v) is 5.38. The van der Waals surface area contributed by atoms with Gasteiger partial charge >= 0.3 is 0 Å². The van der Waals surface area contributed by atoms with Crippen molar-refractivity contribution < 1.29 is 9.84 Å². The molecular weight excluding hydrogens is 321 g/mol. The Morgan fingerprint density at radius 2 is 2.05 bits per heavy atom. The molecule has 1 spiro atoms. The van der Waals surface area contributed by atoms with Crippen molar-refractivity contribution in [1.29, 1.82) is 0 Å². The summed E-state index contributed by atoms with van der Waals surface area (Å²) in [5.41, 5.74) is 0.949. The number of nitrogens with one attached hydrogen (secondary N) is 1. The largest absolute Gasteiger partial charge is 0.387 e. The van der Waals surface area contributed by atoms with E-state index in [0.717, 1.165) is 13.0 Å². The number of hydrogen-bond donors (Lipinski definition) is 2. The summed E-state index contributed by atoms with van der Waals surface area (Å²) in [6.07, 6.45) is 4.68. The van der Waals surface area contributed by atoms with E-state index in [0.29, 0.717) is 45.6 Å². The van der Waals surface area contributed by atoms with Crippen molar-refractivity contribution >= 4 is 23.2 Å². The van der Waals surface area contributed by atoms with Crippen molar-refractivity contribution in [3.63, 3.8) is 0 Å². The molecule has 22 heavy (non-hydrogen) atoms. The summed E-state index contributed by atoms with van der Waals surface area (Å²) < 4.78 is 5.92. The Morgan fingerprint density at radius 3 is 2.68 bits per heavy atom. The van der Waals surface area contributed by atoms with Gasteiger partial charge in [-0.2, -0.15) is 0 Å². The van der Waals surface area contributed by atoms with E-state index >= 15 is 0 Å². The Labute approximate surface area is 140 Å². The molecule has 2 saturated carbocycles. The van der Waals surface area contributed by atoms with Gasteiger partial charge in [-0.05, 0) is 31.4 Å². The molecule has 0 bridgehead atoms. The second kappa shape index (κ2) is 5.64. The van der Waals surface area contributed by atoms with Gasteiger partial charge in [-0.15, -0.1) is 0 Å². The first-order chi connectivity index (χ1) is 10.6. The highest BCUT2D eigenvalue weighted by atomic mass is 35.5. The van der Waals surface area contributed by atoms with Crippen LogP contribution in [-0.2, 0) is 4.74 Å². The zero-order chi connectivity index (χ0) is 15.3. The highest BCUT2D eigenvalue weighted by Gasteiger charge is 2.66. The number of hydrogen-bond acceptors (Lipinski definition) is 3. The van der Waals surface area contributed by atoms with Crippen LogP contribution in [0.4, 0.5) is 0 Å². The minimum absolute atomic E-state index is 0.325. The van der Waals surface area contributed by atoms with Crippen molar-refractivity contribution in [1.82, 2.24) is 5.32 Å². The summed E-state index contributed by atoms with van der Waals surface area (Å²) in [5.74, 6) is 0.606. The molecule has 0 aromatic heterocycles. The van der Waals surface area contributed by atoms with Crippen LogP contribution in [0, 0.1) is 11.3 Å². The number of fused-ring (bicyclic) bond motifs is 2. The number of aliphatic hydroxyl groups is 1. The van der Waals surface area contributed by atoms with Crippen LogP contribution >= 0.6 is 23.2 Å². The number of benzene rings is 1. The minimum atomic E-state index is -0.681. The van der Waals surface area contributed by atoms with Crippen LogP contribution < -0.4 is 5.32 Å². The van der Waals surface area contributed by atoms with E-state index < -0.39 is 6.10 Å². The molecule has 3 fully saturated rings. The fourth-order valence-electron chi connectivity index (χ4n) is 4.73. The first-order valence-corrected chi connectivity index (χ1v) is 8.86. The first kappa shape index (κ1) is 15.2. The van der Waals surface area contributed by atoms with E-state index in [2.05, 4.69) is 5.32 Å². The summed E-state index contributed by atoms with van der Waals surface area (Å²) in [6.45, 7) is 1.37. The zero-order valence-corrected chi connectivity index (χ0v) is 13.9. The molecule has 5 heteroatoms. The van der Waals surface area contributed by atoms with Crippen LogP contribution in [0.15, 0.2) is 18.2 Å². The molecule has 0 radical (unpaired) electrons. The highest BCUT2D eigenvalue weighted by Crippen LogP contribution is 2.62. The number of halogens is 2. The third-order valence-corrected chi connectivity index (χ3v) is 6.56. The lowest BCUT2D eigenvalue weighted by molar-refractivity contribution is -0.177. The minimum Gasteiger partial charge on any atom is -0.387 e. The van der Waals surface area contributed by atoms with Crippen LogP contribution in [0.3, 0.4) is 0 Å². The average molecular weight is 342 g/mol. The van der Waals surface area contributed by atoms with E-state index in [-0.39, 0.29) is 0 Å². The number of ether oxygens (including phenoxy) is 1. The molecule has 0 amide bonds. The van der Waals surface area contributed by atoms with Gasteiger partial charge in [0.1, 0.15) is 0 Å². The van der Waals surface area contributed by atoms with E-state index in [4.69, 9.17) is 27.9 Å². The van der Waals surface area contributed by atoms with Crippen molar-refractivity contribution in [2.45, 2.75) is 43.9 Å². The van der Waals surface area contributed by atoms with Crippen molar-refractivity contribution in [2.24, 2.45) is 11.3 Å². The predicted octanol–water partition coefficient (Wildman–Crippen LogP) is 3.57. The maximum Gasteiger partial charge on any atom is 0.0943 e. The Hall–Kier alpha value is -0.320. The lowest BCUT2D eigenvalue weighted by atomic mass is 9.46. The van der Waals surface area contributed by atoms with Gasteiger partial charge in [0.15, 0.2) is 0 Å². The van der Waals surface area contributed by atoms with Gasteiger partial charge in [-0.1, -0.05) is 35.7 Å². The molecule has 4 rings (SSSR count). The van der Waals surface area contributed by atoms with E-state index in [1.807, 2.05) is 0 Å². The van der Waals surface area contributed by atoms with Crippen LogP contribution in [0.25, 0.3) is 0 Å². The fraction of sp³-hybridized carbons (Fsp3) is 0.647. The van der Waals surface area contributed by atoms with Crippen molar-refractivity contribution in [3.8, 4) is 0 Å². The second-order valence-electron chi connectivity index (χ2n) is 6.87. The van der Waals surface area contributed by atoms with Gasteiger partial charge in [-0.25, -0.2) is 0 Å². The predicted molar refractivity (Wildman–Crippen MR) is 87.3 cm³/mol. The number of aliphatic hydroxyl groups excluding tert-OH is 1. The first-order valence-electron chi connectivity index (χ1n) is 8.10. The molecule has 1 aromatic carbocycles. The van der Waals surface area contributed by atoms with Gasteiger partial charge in [0.25, 0.3) is 0 Å². The molecule has 4 unspecified atom stereocenters. The molecule has 2 N–H and O–H groups in total. The molecule has 1 saturated heterocycles. The summed E-state index contributed by atoms with van der Waals surface area (Å²) in [6, 6.07) is 5.79.